The van der Waals surface area contributed by atoms with Gasteiger partial charge in [0.25, 0.3) is 0 Å². The highest BCUT2D eigenvalue weighted by Gasteiger charge is 2.22. The third kappa shape index (κ3) is 8.63. The molecule has 0 aromatic heterocycles. The summed E-state index contributed by atoms with van der Waals surface area (Å²) in [6.45, 7) is 9.55. The first-order chi connectivity index (χ1) is 14.0. The van der Waals surface area contributed by atoms with Crippen LogP contribution in [-0.2, 0) is 6.42 Å². The van der Waals surface area contributed by atoms with Crippen LogP contribution in [0.5, 0.6) is 0 Å². The third-order valence-electron chi connectivity index (χ3n) is 5.95. The minimum atomic E-state index is -1.32. The highest BCUT2D eigenvalue weighted by atomic mass is 28.3. The summed E-state index contributed by atoms with van der Waals surface area (Å²) in [6.07, 6.45) is 12.0. The molecule has 0 heterocycles. The van der Waals surface area contributed by atoms with E-state index in [0.29, 0.717) is 0 Å². The lowest BCUT2D eigenvalue weighted by Gasteiger charge is -2.23. The molecule has 0 aliphatic heterocycles. The monoisotopic (exact) mass is 404 g/mol. The summed E-state index contributed by atoms with van der Waals surface area (Å²) in [6, 6.07) is 19.3. The molecule has 0 atom stereocenters. The summed E-state index contributed by atoms with van der Waals surface area (Å²) < 4.78 is 0. The molecular weight excluding hydrogens is 364 g/mol. The highest BCUT2D eigenvalue weighted by molar-refractivity contribution is 6.89. The van der Waals surface area contributed by atoms with Crippen LogP contribution in [0, 0.1) is 11.8 Å². The fourth-order valence-corrected chi connectivity index (χ4v) is 6.27. The van der Waals surface area contributed by atoms with Crippen LogP contribution in [-0.4, -0.2) is 8.07 Å². The lowest BCUT2D eigenvalue weighted by molar-refractivity contribution is 0.623. The standard InChI is InChI=1S/C28H40Si/c1-5-7-9-10-11-12-24-29(3,4)28-22-20-27(21-23-28)19-18-26-16-14-25(15-17-26)13-8-6-2/h14-17,20-23H,5-13,24H2,1-4H3. The van der Waals surface area contributed by atoms with Crippen LogP contribution >= 0.6 is 0 Å². The molecular formula is C28H40Si. The van der Waals surface area contributed by atoms with Gasteiger partial charge in [0.2, 0.25) is 0 Å². The van der Waals surface area contributed by atoms with E-state index in [9.17, 15) is 0 Å². The molecule has 0 saturated carbocycles. The molecule has 2 aromatic rings. The van der Waals surface area contributed by atoms with E-state index in [4.69, 9.17) is 0 Å². The first kappa shape index (κ1) is 23.5. The van der Waals surface area contributed by atoms with Crippen molar-refractivity contribution < 1.29 is 0 Å². The summed E-state index contributed by atoms with van der Waals surface area (Å²) in [5.41, 5.74) is 3.64. The molecule has 0 aliphatic carbocycles. The van der Waals surface area contributed by atoms with Crippen molar-refractivity contribution >= 4 is 13.3 Å². The Morgan fingerprint density at radius 2 is 1.14 bits per heavy atom. The number of rotatable bonds is 11. The van der Waals surface area contributed by atoms with Gasteiger partial charge in [-0.2, -0.15) is 0 Å². The molecule has 0 unspecified atom stereocenters. The first-order valence-corrected chi connectivity index (χ1v) is 15.0. The number of benzene rings is 2. The minimum Gasteiger partial charge on any atom is -0.0654 e. The summed E-state index contributed by atoms with van der Waals surface area (Å²) in [7, 11) is -1.32. The maximum Gasteiger partial charge on any atom is 0.0806 e. The average Bonchev–Trinajstić information content (AvgIpc) is 2.74. The van der Waals surface area contributed by atoms with E-state index >= 15 is 0 Å². The summed E-state index contributed by atoms with van der Waals surface area (Å²) in [5, 5.41) is 1.57. The van der Waals surface area contributed by atoms with Crippen molar-refractivity contribution in [1.29, 1.82) is 0 Å². The molecule has 156 valence electrons. The maximum absolute atomic E-state index is 3.34. The predicted molar refractivity (Wildman–Crippen MR) is 133 cm³/mol. The van der Waals surface area contributed by atoms with Crippen molar-refractivity contribution in [2.75, 3.05) is 0 Å². The van der Waals surface area contributed by atoms with Gasteiger partial charge in [-0.25, -0.2) is 0 Å². The maximum atomic E-state index is 3.34. The van der Waals surface area contributed by atoms with Crippen molar-refractivity contribution in [3.8, 4) is 11.8 Å². The van der Waals surface area contributed by atoms with Crippen molar-refractivity contribution in [3.05, 3.63) is 65.2 Å². The van der Waals surface area contributed by atoms with Gasteiger partial charge in [-0.15, -0.1) is 0 Å². The fraction of sp³-hybridized carbons (Fsp3) is 0.500. The van der Waals surface area contributed by atoms with E-state index in [1.54, 1.807) is 5.19 Å². The van der Waals surface area contributed by atoms with E-state index in [0.717, 1.165) is 11.1 Å². The van der Waals surface area contributed by atoms with Gasteiger partial charge in [0.1, 0.15) is 0 Å². The second-order valence-electron chi connectivity index (χ2n) is 9.03. The van der Waals surface area contributed by atoms with E-state index in [2.05, 4.69) is 87.3 Å². The zero-order chi connectivity index (χ0) is 21.0. The Labute approximate surface area is 181 Å². The predicted octanol–water partition coefficient (Wildman–Crippen LogP) is 7.70. The number of unbranched alkanes of at least 4 members (excludes halogenated alkanes) is 6. The van der Waals surface area contributed by atoms with Crippen molar-refractivity contribution in [1.82, 2.24) is 0 Å². The van der Waals surface area contributed by atoms with E-state index < -0.39 is 8.07 Å². The summed E-state index contributed by atoms with van der Waals surface area (Å²) in [4.78, 5) is 0. The Morgan fingerprint density at radius 3 is 1.72 bits per heavy atom. The normalized spacial score (nSPS) is 11.2. The van der Waals surface area contributed by atoms with Crippen LogP contribution in [0.25, 0.3) is 0 Å². The second-order valence-corrected chi connectivity index (χ2v) is 13.9. The summed E-state index contributed by atoms with van der Waals surface area (Å²) in [5.74, 6) is 6.66. The fourth-order valence-electron chi connectivity index (χ4n) is 3.78. The molecule has 0 bridgehead atoms. The van der Waals surface area contributed by atoms with Crippen molar-refractivity contribution in [3.63, 3.8) is 0 Å². The SMILES string of the molecule is CCCCCCCC[Si](C)(C)c1ccc(C#Cc2ccc(CCCC)cc2)cc1. The minimum absolute atomic E-state index is 1.10. The Hall–Kier alpha value is -1.78. The lowest BCUT2D eigenvalue weighted by atomic mass is 10.1. The number of hydrogen-bond acceptors (Lipinski definition) is 0. The molecule has 2 rings (SSSR count). The molecule has 0 spiro atoms. The largest absolute Gasteiger partial charge is 0.0806 e. The van der Waals surface area contributed by atoms with Crippen molar-refractivity contribution in [2.24, 2.45) is 0 Å². The molecule has 0 radical (unpaired) electrons. The van der Waals surface area contributed by atoms with Crippen molar-refractivity contribution in [2.45, 2.75) is 90.8 Å². The van der Waals surface area contributed by atoms with E-state index in [-0.39, 0.29) is 0 Å². The average molecular weight is 405 g/mol. The Morgan fingerprint density at radius 1 is 0.621 bits per heavy atom. The van der Waals surface area contributed by atoms with Gasteiger partial charge in [-0.1, -0.05) is 119 Å². The van der Waals surface area contributed by atoms with Gasteiger partial charge in [-0.3, -0.25) is 0 Å². The van der Waals surface area contributed by atoms with Gasteiger partial charge in [0.15, 0.2) is 0 Å². The van der Waals surface area contributed by atoms with Crippen LogP contribution in [0.3, 0.4) is 0 Å². The molecule has 1 heteroatoms. The molecule has 2 aromatic carbocycles. The van der Waals surface area contributed by atoms with Crippen LogP contribution in [0.1, 0.15) is 81.9 Å². The lowest BCUT2D eigenvalue weighted by Crippen LogP contribution is -2.40. The Bertz CT molecular complexity index is 757. The smallest absolute Gasteiger partial charge is 0.0654 e. The number of aryl methyl sites for hydroxylation is 1. The third-order valence-corrected chi connectivity index (χ3v) is 9.45. The molecule has 0 nitrogen and oxygen atoms in total. The highest BCUT2D eigenvalue weighted by Crippen LogP contribution is 2.17. The van der Waals surface area contributed by atoms with Gasteiger partial charge < -0.3 is 0 Å². The van der Waals surface area contributed by atoms with E-state index in [1.807, 2.05) is 0 Å². The topological polar surface area (TPSA) is 0 Å². The van der Waals surface area contributed by atoms with Gasteiger partial charge >= 0.3 is 0 Å². The van der Waals surface area contributed by atoms with Gasteiger partial charge in [0.05, 0.1) is 8.07 Å². The van der Waals surface area contributed by atoms with Crippen LogP contribution in [0.2, 0.25) is 19.1 Å². The Balaban J connectivity index is 1.88. The summed E-state index contributed by atoms with van der Waals surface area (Å²) >= 11 is 0. The zero-order valence-electron chi connectivity index (χ0n) is 19.2. The second kappa shape index (κ2) is 12.7. The van der Waals surface area contributed by atoms with Crippen LogP contribution in [0.15, 0.2) is 48.5 Å². The molecule has 0 saturated heterocycles. The van der Waals surface area contributed by atoms with Crippen LogP contribution in [0.4, 0.5) is 0 Å². The molecule has 0 N–H and O–H groups in total. The molecule has 29 heavy (non-hydrogen) atoms. The molecule has 0 amide bonds. The van der Waals surface area contributed by atoms with Gasteiger partial charge in [-0.05, 0) is 42.7 Å². The molecule has 0 fully saturated rings. The number of hydrogen-bond donors (Lipinski definition) is 0. The molecule has 0 aliphatic rings. The zero-order valence-corrected chi connectivity index (χ0v) is 20.2. The Kier molecular flexibility index (Phi) is 10.3. The van der Waals surface area contributed by atoms with E-state index in [1.165, 1.54) is 69.4 Å². The van der Waals surface area contributed by atoms with Crippen LogP contribution < -0.4 is 5.19 Å². The quantitative estimate of drug-likeness (QED) is 0.204. The first-order valence-electron chi connectivity index (χ1n) is 11.8. The van der Waals surface area contributed by atoms with Gasteiger partial charge in [0, 0.05) is 11.1 Å².